The molecule has 2 atom stereocenters. The Hall–Kier alpha value is -3.18. The van der Waals surface area contributed by atoms with Crippen LogP contribution >= 0.6 is 0 Å². The van der Waals surface area contributed by atoms with Gasteiger partial charge in [0.05, 0.1) is 12.2 Å². The number of rotatable bonds is 7. The van der Waals surface area contributed by atoms with Crippen molar-refractivity contribution in [3.8, 4) is 0 Å². The Morgan fingerprint density at radius 1 is 1.00 bits per heavy atom. The van der Waals surface area contributed by atoms with Gasteiger partial charge in [0.2, 0.25) is 0 Å². The summed E-state index contributed by atoms with van der Waals surface area (Å²) in [6.45, 7) is 4.49. The molecular formula is C28H31NO4. The lowest BCUT2D eigenvalue weighted by Gasteiger charge is -2.36. The predicted octanol–water partition coefficient (Wildman–Crippen LogP) is 4.80. The fourth-order valence-corrected chi connectivity index (χ4v) is 4.85. The van der Waals surface area contributed by atoms with Crippen molar-refractivity contribution in [2.75, 3.05) is 20.3 Å². The molecule has 0 saturated carbocycles. The molecule has 2 aromatic carbocycles. The smallest absolute Gasteiger partial charge is 0.336 e. The number of ether oxygens (including phenoxy) is 2. The average molecular weight is 446 g/mol. The summed E-state index contributed by atoms with van der Waals surface area (Å²) >= 11 is 0. The largest absolute Gasteiger partial charge is 0.460 e. The third kappa shape index (κ3) is 4.79. The van der Waals surface area contributed by atoms with Gasteiger partial charge in [0.15, 0.2) is 5.78 Å². The van der Waals surface area contributed by atoms with Crippen molar-refractivity contribution in [3.05, 3.63) is 93.8 Å². The van der Waals surface area contributed by atoms with E-state index >= 15 is 0 Å². The van der Waals surface area contributed by atoms with E-state index in [1.807, 2.05) is 37.3 Å². The first-order valence-corrected chi connectivity index (χ1v) is 11.6. The summed E-state index contributed by atoms with van der Waals surface area (Å²) in [4.78, 5) is 26.7. The molecule has 2 aliphatic rings. The number of benzene rings is 2. The van der Waals surface area contributed by atoms with E-state index in [0.717, 1.165) is 35.4 Å². The second kappa shape index (κ2) is 10.2. The lowest BCUT2D eigenvalue weighted by molar-refractivity contribution is -0.140. The van der Waals surface area contributed by atoms with Crippen LogP contribution in [0.1, 0.15) is 55.2 Å². The molecule has 5 heteroatoms. The second-order valence-electron chi connectivity index (χ2n) is 8.65. The van der Waals surface area contributed by atoms with Crippen LogP contribution in [0.4, 0.5) is 0 Å². The van der Waals surface area contributed by atoms with E-state index in [4.69, 9.17) is 9.47 Å². The van der Waals surface area contributed by atoms with Crippen LogP contribution in [0.25, 0.3) is 0 Å². The highest BCUT2D eigenvalue weighted by Gasteiger charge is 2.41. The first-order chi connectivity index (χ1) is 16.0. The molecule has 0 fully saturated rings. The average Bonchev–Trinajstić information content (AvgIpc) is 2.83. The van der Waals surface area contributed by atoms with Gasteiger partial charge in [-0.1, -0.05) is 61.5 Å². The summed E-state index contributed by atoms with van der Waals surface area (Å²) in [6.07, 6.45) is 2.09. The summed E-state index contributed by atoms with van der Waals surface area (Å²) in [5, 5.41) is 3.40. The maximum atomic E-state index is 13.6. The van der Waals surface area contributed by atoms with Crippen molar-refractivity contribution in [2.24, 2.45) is 0 Å². The molecule has 0 unspecified atom stereocenters. The third-order valence-electron chi connectivity index (χ3n) is 6.56. The zero-order valence-electron chi connectivity index (χ0n) is 19.5. The number of methoxy groups -OCH3 is 1. The van der Waals surface area contributed by atoms with Crippen LogP contribution in [-0.2, 0) is 25.5 Å². The van der Waals surface area contributed by atoms with Crippen LogP contribution in [0.15, 0.2) is 77.1 Å². The standard InChI is InChI=1S/C28H31NO4/c1-4-19-10-12-21(13-11-19)26-25(28(31)33-15-14-32-3)18(2)29-23-16-22(17-24(30)27(23)26)20-8-6-5-7-9-20/h5-13,22,26,29H,4,14-17H2,1-3H3/t22-,26-/m0/s1. The molecule has 4 rings (SSSR count). The molecule has 0 amide bonds. The monoisotopic (exact) mass is 445 g/mol. The first kappa shape index (κ1) is 23.0. The van der Waals surface area contributed by atoms with Crippen molar-refractivity contribution in [3.63, 3.8) is 0 Å². The molecule has 5 nitrogen and oxygen atoms in total. The van der Waals surface area contributed by atoms with Gasteiger partial charge in [0, 0.05) is 36.4 Å². The van der Waals surface area contributed by atoms with Gasteiger partial charge in [-0.3, -0.25) is 4.79 Å². The Morgan fingerprint density at radius 2 is 1.73 bits per heavy atom. The number of carbonyl (C=O) groups is 2. The minimum Gasteiger partial charge on any atom is -0.460 e. The summed E-state index contributed by atoms with van der Waals surface area (Å²) in [7, 11) is 1.57. The van der Waals surface area contributed by atoms with E-state index in [2.05, 4.69) is 36.5 Å². The number of carbonyl (C=O) groups excluding carboxylic acids is 2. The lowest BCUT2D eigenvalue weighted by atomic mass is 9.71. The van der Waals surface area contributed by atoms with Gasteiger partial charge in [0.1, 0.15) is 6.61 Å². The molecule has 2 aromatic rings. The molecule has 0 saturated heterocycles. The van der Waals surface area contributed by atoms with Gasteiger partial charge in [0.25, 0.3) is 0 Å². The number of dihydropyridines is 1. The van der Waals surface area contributed by atoms with E-state index in [1.54, 1.807) is 7.11 Å². The lowest BCUT2D eigenvalue weighted by Crippen LogP contribution is -2.36. The molecule has 1 aliphatic heterocycles. The minimum atomic E-state index is -0.438. The second-order valence-corrected chi connectivity index (χ2v) is 8.65. The molecule has 0 radical (unpaired) electrons. The van der Waals surface area contributed by atoms with E-state index < -0.39 is 11.9 Å². The van der Waals surface area contributed by atoms with E-state index in [9.17, 15) is 9.59 Å². The Kier molecular flexibility index (Phi) is 7.09. The first-order valence-electron chi connectivity index (χ1n) is 11.6. The highest BCUT2D eigenvalue weighted by atomic mass is 16.6. The fraction of sp³-hybridized carbons (Fsp3) is 0.357. The fourth-order valence-electron chi connectivity index (χ4n) is 4.85. The van der Waals surface area contributed by atoms with Crippen LogP contribution in [0.5, 0.6) is 0 Å². The molecule has 33 heavy (non-hydrogen) atoms. The zero-order valence-corrected chi connectivity index (χ0v) is 19.5. The van der Waals surface area contributed by atoms with Crippen LogP contribution in [-0.4, -0.2) is 32.1 Å². The number of Topliss-reactive ketones (excluding diaryl/α,β-unsaturated/α-hetero) is 1. The molecule has 172 valence electrons. The number of nitrogens with one attached hydrogen (secondary N) is 1. The highest BCUT2D eigenvalue weighted by molar-refractivity contribution is 6.04. The zero-order chi connectivity index (χ0) is 23.4. The van der Waals surface area contributed by atoms with Crippen molar-refractivity contribution in [1.29, 1.82) is 0 Å². The maximum absolute atomic E-state index is 13.6. The van der Waals surface area contributed by atoms with Gasteiger partial charge in [-0.25, -0.2) is 4.79 Å². The quantitative estimate of drug-likeness (QED) is 0.490. The van der Waals surface area contributed by atoms with Crippen LogP contribution in [0.2, 0.25) is 0 Å². The minimum absolute atomic E-state index is 0.0804. The molecule has 0 bridgehead atoms. The Balaban J connectivity index is 1.74. The van der Waals surface area contributed by atoms with Crippen LogP contribution in [0.3, 0.4) is 0 Å². The predicted molar refractivity (Wildman–Crippen MR) is 128 cm³/mol. The topological polar surface area (TPSA) is 64.6 Å². The maximum Gasteiger partial charge on any atom is 0.336 e. The summed E-state index contributed by atoms with van der Waals surface area (Å²) in [5.74, 6) is -0.648. The summed E-state index contributed by atoms with van der Waals surface area (Å²) in [6, 6.07) is 18.4. The number of allylic oxidation sites excluding steroid dienone is 3. The van der Waals surface area contributed by atoms with Crippen molar-refractivity contribution < 1.29 is 19.1 Å². The Morgan fingerprint density at radius 3 is 2.39 bits per heavy atom. The van der Waals surface area contributed by atoms with Gasteiger partial charge in [-0.05, 0) is 42.4 Å². The number of hydrogen-bond donors (Lipinski definition) is 1. The molecule has 1 heterocycles. The van der Waals surface area contributed by atoms with Gasteiger partial charge in [-0.15, -0.1) is 0 Å². The SMILES string of the molecule is CCc1ccc([C@H]2C(C(=O)OCCOC)=C(C)NC3=C2C(=O)C[C@@H](c2ccccc2)C3)cc1. The number of hydrogen-bond acceptors (Lipinski definition) is 5. The van der Waals surface area contributed by atoms with Crippen molar-refractivity contribution in [1.82, 2.24) is 5.32 Å². The number of ketones is 1. The highest BCUT2D eigenvalue weighted by Crippen LogP contribution is 2.45. The molecule has 1 aliphatic carbocycles. The van der Waals surface area contributed by atoms with Crippen molar-refractivity contribution in [2.45, 2.75) is 44.9 Å². The molecule has 0 spiro atoms. The molecular weight excluding hydrogens is 414 g/mol. The van der Waals surface area contributed by atoms with Crippen molar-refractivity contribution >= 4 is 11.8 Å². The van der Waals surface area contributed by atoms with Gasteiger partial charge >= 0.3 is 5.97 Å². The van der Waals surface area contributed by atoms with E-state index in [-0.39, 0.29) is 18.3 Å². The number of esters is 1. The normalized spacial score (nSPS) is 20.4. The summed E-state index contributed by atoms with van der Waals surface area (Å²) in [5.41, 5.74) is 6.15. The molecule has 0 aromatic heterocycles. The van der Waals surface area contributed by atoms with Crippen LogP contribution < -0.4 is 5.32 Å². The summed E-state index contributed by atoms with van der Waals surface area (Å²) < 4.78 is 10.5. The number of aryl methyl sites for hydroxylation is 1. The van der Waals surface area contributed by atoms with Gasteiger partial charge < -0.3 is 14.8 Å². The van der Waals surface area contributed by atoms with E-state index in [0.29, 0.717) is 24.2 Å². The Labute approximate surface area is 195 Å². The van der Waals surface area contributed by atoms with E-state index in [1.165, 1.54) is 5.56 Å². The van der Waals surface area contributed by atoms with Gasteiger partial charge in [-0.2, -0.15) is 0 Å². The van der Waals surface area contributed by atoms with Crippen LogP contribution in [0, 0.1) is 0 Å². The molecule has 1 N–H and O–H groups in total. The third-order valence-corrected chi connectivity index (χ3v) is 6.56. The Bertz CT molecular complexity index is 1080.